The Bertz CT molecular complexity index is 1100. The van der Waals surface area contributed by atoms with E-state index in [9.17, 15) is 13.2 Å². The molecule has 0 heterocycles. The van der Waals surface area contributed by atoms with Gasteiger partial charge in [-0.2, -0.15) is 0 Å². The quantitative estimate of drug-likeness (QED) is 0.628. The number of benzene rings is 3. The number of rotatable bonds is 6. The van der Waals surface area contributed by atoms with Crippen molar-refractivity contribution in [1.82, 2.24) is 5.32 Å². The maximum Gasteiger partial charge on any atom is 0.261 e. The predicted molar refractivity (Wildman–Crippen MR) is 111 cm³/mol. The molecule has 2 N–H and O–H groups in total. The third-order valence-electron chi connectivity index (χ3n) is 4.06. The second-order valence-electron chi connectivity index (χ2n) is 6.28. The molecule has 0 aromatic heterocycles. The lowest BCUT2D eigenvalue weighted by atomic mass is 10.1. The third-order valence-corrected chi connectivity index (χ3v) is 5.76. The highest BCUT2D eigenvalue weighted by Crippen LogP contribution is 2.26. The van der Waals surface area contributed by atoms with E-state index in [1.54, 1.807) is 18.2 Å². The van der Waals surface area contributed by atoms with Crippen molar-refractivity contribution >= 4 is 33.2 Å². The molecule has 0 saturated heterocycles. The van der Waals surface area contributed by atoms with Crippen LogP contribution >= 0.6 is 11.6 Å². The Labute approximate surface area is 169 Å². The minimum absolute atomic E-state index is 0.131. The molecule has 0 radical (unpaired) electrons. The molecule has 28 heavy (non-hydrogen) atoms. The zero-order chi connectivity index (χ0) is 20.1. The van der Waals surface area contributed by atoms with Gasteiger partial charge in [0.05, 0.1) is 15.6 Å². The van der Waals surface area contributed by atoms with E-state index in [2.05, 4.69) is 10.0 Å². The number of sulfonamides is 1. The van der Waals surface area contributed by atoms with Gasteiger partial charge in [0.1, 0.15) is 0 Å². The number of halogens is 1. The first kappa shape index (κ1) is 19.9. The number of nitrogens with one attached hydrogen (secondary N) is 2. The summed E-state index contributed by atoms with van der Waals surface area (Å²) in [4.78, 5) is 12.5. The van der Waals surface area contributed by atoms with E-state index in [4.69, 9.17) is 11.6 Å². The largest absolute Gasteiger partial charge is 0.348 e. The highest BCUT2D eigenvalue weighted by Gasteiger charge is 2.16. The molecule has 0 aliphatic heterocycles. The minimum atomic E-state index is -3.75. The zero-order valence-electron chi connectivity index (χ0n) is 15.1. The van der Waals surface area contributed by atoms with Crippen LogP contribution in [0, 0.1) is 6.92 Å². The first-order chi connectivity index (χ1) is 13.3. The van der Waals surface area contributed by atoms with Crippen LogP contribution in [0.1, 0.15) is 21.5 Å². The summed E-state index contributed by atoms with van der Waals surface area (Å²) in [6, 6.07) is 20.3. The summed E-state index contributed by atoms with van der Waals surface area (Å²) >= 11 is 6.20. The van der Waals surface area contributed by atoms with Gasteiger partial charge in [0.15, 0.2) is 0 Å². The summed E-state index contributed by atoms with van der Waals surface area (Å²) in [5.41, 5.74) is 2.66. The Morgan fingerprint density at radius 3 is 2.39 bits per heavy atom. The summed E-state index contributed by atoms with van der Waals surface area (Å²) in [7, 11) is -3.75. The number of hydrogen-bond donors (Lipinski definition) is 2. The molecule has 1 amide bonds. The molecule has 0 fully saturated rings. The maximum absolute atomic E-state index is 12.4. The van der Waals surface area contributed by atoms with Gasteiger partial charge in [-0.1, -0.05) is 59.6 Å². The van der Waals surface area contributed by atoms with E-state index in [1.807, 2.05) is 31.2 Å². The monoisotopic (exact) mass is 414 g/mol. The molecule has 0 bridgehead atoms. The van der Waals surface area contributed by atoms with Gasteiger partial charge in [-0.05, 0) is 42.8 Å². The molecule has 144 valence electrons. The van der Waals surface area contributed by atoms with Crippen LogP contribution < -0.4 is 10.0 Å². The van der Waals surface area contributed by atoms with Gasteiger partial charge in [-0.15, -0.1) is 0 Å². The van der Waals surface area contributed by atoms with E-state index in [-0.39, 0.29) is 21.5 Å². The van der Waals surface area contributed by atoms with Crippen LogP contribution in [-0.2, 0) is 16.6 Å². The van der Waals surface area contributed by atoms with Crippen molar-refractivity contribution in [2.45, 2.75) is 18.4 Å². The first-order valence-electron chi connectivity index (χ1n) is 8.56. The Morgan fingerprint density at radius 2 is 1.71 bits per heavy atom. The fourth-order valence-electron chi connectivity index (χ4n) is 2.65. The van der Waals surface area contributed by atoms with Gasteiger partial charge in [-0.3, -0.25) is 9.52 Å². The molecule has 0 spiro atoms. The molecular weight excluding hydrogens is 396 g/mol. The molecule has 0 aliphatic rings. The number of carbonyl (C=O) groups is 1. The van der Waals surface area contributed by atoms with Gasteiger partial charge in [0, 0.05) is 12.1 Å². The standard InChI is InChI=1S/C21H19ClN2O3S/c1-15-6-5-7-16(12-15)14-23-21(25)17-10-11-20(19(22)13-17)24-28(26,27)18-8-3-2-4-9-18/h2-13,24H,14H2,1H3,(H,23,25). The summed E-state index contributed by atoms with van der Waals surface area (Å²) < 4.78 is 27.3. The molecule has 0 atom stereocenters. The Hall–Kier alpha value is -2.83. The number of hydrogen-bond acceptors (Lipinski definition) is 3. The van der Waals surface area contributed by atoms with Crippen molar-refractivity contribution in [3.8, 4) is 0 Å². The van der Waals surface area contributed by atoms with E-state index >= 15 is 0 Å². The minimum Gasteiger partial charge on any atom is -0.348 e. The Kier molecular flexibility index (Phi) is 6.02. The van der Waals surface area contributed by atoms with Crippen molar-refractivity contribution in [2.75, 3.05) is 4.72 Å². The summed E-state index contributed by atoms with van der Waals surface area (Å²) in [5, 5.41) is 2.97. The lowest BCUT2D eigenvalue weighted by Crippen LogP contribution is -2.23. The second kappa shape index (κ2) is 8.46. The molecule has 3 rings (SSSR count). The van der Waals surface area contributed by atoms with Crippen LogP contribution in [0.15, 0.2) is 77.7 Å². The van der Waals surface area contributed by atoms with Gasteiger partial charge in [0.2, 0.25) is 0 Å². The molecule has 0 aliphatic carbocycles. The number of amides is 1. The Balaban J connectivity index is 1.70. The van der Waals surface area contributed by atoms with Crippen molar-refractivity contribution in [3.63, 3.8) is 0 Å². The molecule has 3 aromatic rings. The van der Waals surface area contributed by atoms with Crippen molar-refractivity contribution in [1.29, 1.82) is 0 Å². The SMILES string of the molecule is Cc1cccc(CNC(=O)c2ccc(NS(=O)(=O)c3ccccc3)c(Cl)c2)c1. The topological polar surface area (TPSA) is 75.3 Å². The van der Waals surface area contributed by atoms with Crippen LogP contribution in [-0.4, -0.2) is 14.3 Å². The number of anilines is 1. The summed E-state index contributed by atoms with van der Waals surface area (Å²) in [5.74, 6) is -0.291. The van der Waals surface area contributed by atoms with E-state index < -0.39 is 10.0 Å². The number of carbonyl (C=O) groups excluding carboxylic acids is 1. The van der Waals surface area contributed by atoms with Crippen LogP contribution in [0.5, 0.6) is 0 Å². The van der Waals surface area contributed by atoms with Crippen LogP contribution in [0.4, 0.5) is 5.69 Å². The first-order valence-corrected chi connectivity index (χ1v) is 10.4. The summed E-state index contributed by atoms with van der Waals surface area (Å²) in [6.07, 6.45) is 0. The van der Waals surface area contributed by atoms with Crippen LogP contribution in [0.25, 0.3) is 0 Å². The van der Waals surface area contributed by atoms with Crippen molar-refractivity contribution in [2.24, 2.45) is 0 Å². The van der Waals surface area contributed by atoms with E-state index in [1.165, 1.54) is 30.3 Å². The van der Waals surface area contributed by atoms with Gasteiger partial charge >= 0.3 is 0 Å². The summed E-state index contributed by atoms with van der Waals surface area (Å²) in [6.45, 7) is 2.38. The second-order valence-corrected chi connectivity index (χ2v) is 8.37. The predicted octanol–water partition coefficient (Wildman–Crippen LogP) is 4.38. The van der Waals surface area contributed by atoms with Gasteiger partial charge < -0.3 is 5.32 Å². The fourth-order valence-corrected chi connectivity index (χ4v) is 4.03. The van der Waals surface area contributed by atoms with Gasteiger partial charge in [-0.25, -0.2) is 8.42 Å². The van der Waals surface area contributed by atoms with Crippen molar-refractivity contribution < 1.29 is 13.2 Å². The van der Waals surface area contributed by atoms with E-state index in [0.29, 0.717) is 12.1 Å². The van der Waals surface area contributed by atoms with Gasteiger partial charge in [0.25, 0.3) is 15.9 Å². The zero-order valence-corrected chi connectivity index (χ0v) is 16.7. The smallest absolute Gasteiger partial charge is 0.261 e. The molecule has 5 nitrogen and oxygen atoms in total. The number of aryl methyl sites for hydroxylation is 1. The molecule has 3 aromatic carbocycles. The molecular formula is C21H19ClN2O3S. The maximum atomic E-state index is 12.4. The third kappa shape index (κ3) is 4.91. The van der Waals surface area contributed by atoms with Crippen LogP contribution in [0.2, 0.25) is 5.02 Å². The van der Waals surface area contributed by atoms with Crippen LogP contribution in [0.3, 0.4) is 0 Å². The van der Waals surface area contributed by atoms with E-state index in [0.717, 1.165) is 11.1 Å². The average Bonchev–Trinajstić information content (AvgIpc) is 2.68. The lowest BCUT2D eigenvalue weighted by Gasteiger charge is -2.11. The average molecular weight is 415 g/mol. The molecule has 0 saturated carbocycles. The fraction of sp³-hybridized carbons (Fsp3) is 0.0952. The normalized spacial score (nSPS) is 11.1. The Morgan fingerprint density at radius 1 is 0.964 bits per heavy atom. The lowest BCUT2D eigenvalue weighted by molar-refractivity contribution is 0.0951. The highest BCUT2D eigenvalue weighted by atomic mass is 35.5. The highest BCUT2D eigenvalue weighted by molar-refractivity contribution is 7.92. The van der Waals surface area contributed by atoms with Crippen molar-refractivity contribution in [3.05, 3.63) is 94.5 Å². The molecule has 0 unspecified atom stereocenters. The molecule has 7 heteroatoms.